The second-order valence-corrected chi connectivity index (χ2v) is 6.60. The van der Waals surface area contributed by atoms with Crippen molar-refractivity contribution >= 4 is 5.71 Å². The second kappa shape index (κ2) is 8.41. The summed E-state index contributed by atoms with van der Waals surface area (Å²) in [6.07, 6.45) is 1.73. The maximum Gasteiger partial charge on any atom is 0.272 e. The first-order valence-electron chi connectivity index (χ1n) is 9.87. The minimum absolute atomic E-state index is 0.252. The minimum atomic E-state index is -0.291. The van der Waals surface area contributed by atoms with Crippen LogP contribution in [0.15, 0.2) is 58.4 Å². The van der Waals surface area contributed by atoms with E-state index < -0.39 is 0 Å². The van der Waals surface area contributed by atoms with Gasteiger partial charge in [0.05, 0.1) is 43.8 Å². The Morgan fingerprint density at radius 3 is 2.63 bits per heavy atom. The van der Waals surface area contributed by atoms with E-state index in [4.69, 9.17) is 19.2 Å². The first kappa shape index (κ1) is 19.7. The average Bonchev–Trinajstić information content (AvgIpc) is 2.91. The number of hydrogen-bond donors (Lipinski definition) is 0. The zero-order chi connectivity index (χ0) is 21.1. The summed E-state index contributed by atoms with van der Waals surface area (Å²) in [5.41, 5.74) is 2.90. The van der Waals surface area contributed by atoms with Crippen LogP contribution in [0.25, 0.3) is 5.69 Å². The summed E-state index contributed by atoms with van der Waals surface area (Å²) in [6, 6.07) is 12.9. The van der Waals surface area contributed by atoms with Crippen molar-refractivity contribution in [1.82, 2.24) is 9.55 Å². The van der Waals surface area contributed by atoms with Gasteiger partial charge in [-0.15, -0.1) is 0 Å². The van der Waals surface area contributed by atoms with Crippen molar-refractivity contribution in [2.24, 2.45) is 4.99 Å². The fourth-order valence-corrected chi connectivity index (χ4v) is 3.58. The lowest BCUT2D eigenvalue weighted by molar-refractivity contribution is 0.323. The third-order valence-electron chi connectivity index (χ3n) is 4.80. The van der Waals surface area contributed by atoms with Gasteiger partial charge in [-0.2, -0.15) is 4.98 Å². The van der Waals surface area contributed by atoms with E-state index in [0.29, 0.717) is 36.2 Å². The molecule has 1 aromatic heterocycles. The molecule has 0 bridgehead atoms. The predicted molar refractivity (Wildman–Crippen MR) is 115 cm³/mol. The Kier molecular flexibility index (Phi) is 5.52. The second-order valence-electron chi connectivity index (χ2n) is 6.60. The molecular formula is C23H23N3O4. The van der Waals surface area contributed by atoms with Crippen LogP contribution in [-0.4, -0.2) is 35.6 Å². The molecule has 30 heavy (non-hydrogen) atoms. The molecule has 2 aromatic carbocycles. The summed E-state index contributed by atoms with van der Waals surface area (Å²) >= 11 is 0. The maximum atomic E-state index is 11.8. The van der Waals surface area contributed by atoms with E-state index in [1.807, 2.05) is 54.8 Å². The van der Waals surface area contributed by atoms with Crippen LogP contribution in [0.3, 0.4) is 0 Å². The van der Waals surface area contributed by atoms with Crippen LogP contribution in [0.1, 0.15) is 30.8 Å². The van der Waals surface area contributed by atoms with Gasteiger partial charge in [0.15, 0.2) is 0 Å². The highest BCUT2D eigenvalue weighted by Gasteiger charge is 2.25. The van der Waals surface area contributed by atoms with E-state index in [2.05, 4.69) is 4.98 Å². The number of aromatic nitrogens is 2. The third kappa shape index (κ3) is 3.54. The molecule has 0 spiro atoms. The first-order chi connectivity index (χ1) is 14.7. The van der Waals surface area contributed by atoms with Crippen molar-refractivity contribution in [3.63, 3.8) is 0 Å². The number of nitrogens with zero attached hydrogens (tertiary/aromatic N) is 3. The molecule has 0 aliphatic carbocycles. The molecule has 1 aliphatic heterocycles. The minimum Gasteiger partial charge on any atom is -0.496 e. The Morgan fingerprint density at radius 2 is 1.87 bits per heavy atom. The van der Waals surface area contributed by atoms with Crippen LogP contribution < -0.4 is 19.8 Å². The van der Waals surface area contributed by atoms with E-state index >= 15 is 0 Å². The molecule has 4 rings (SSSR count). The van der Waals surface area contributed by atoms with Crippen molar-refractivity contribution < 1.29 is 14.2 Å². The van der Waals surface area contributed by atoms with Gasteiger partial charge in [-0.1, -0.05) is 6.07 Å². The molecule has 154 valence electrons. The standard InChI is InChI=1S/C23H23N3O4/c1-4-29-15-9-10-16(19(13-15)30-5-2)23-22-17(7-6-8-18(22)28-3)26-12-11-21(27)25-20(26)14-24-23/h6-13H,4-5,14H2,1-3H3. The van der Waals surface area contributed by atoms with Gasteiger partial charge in [-0.25, -0.2) is 0 Å². The third-order valence-corrected chi connectivity index (χ3v) is 4.80. The van der Waals surface area contributed by atoms with Crippen LogP contribution >= 0.6 is 0 Å². The molecule has 0 saturated heterocycles. The zero-order valence-corrected chi connectivity index (χ0v) is 17.2. The molecule has 0 N–H and O–H groups in total. The number of methoxy groups -OCH3 is 1. The quantitative estimate of drug-likeness (QED) is 0.628. The molecule has 0 unspecified atom stereocenters. The monoisotopic (exact) mass is 405 g/mol. The molecule has 0 fully saturated rings. The molecule has 1 aliphatic rings. The summed E-state index contributed by atoms with van der Waals surface area (Å²) in [4.78, 5) is 20.8. The highest BCUT2D eigenvalue weighted by molar-refractivity contribution is 6.18. The first-order valence-corrected chi connectivity index (χ1v) is 9.87. The van der Waals surface area contributed by atoms with Crippen molar-refractivity contribution in [2.75, 3.05) is 20.3 Å². The van der Waals surface area contributed by atoms with E-state index in [1.54, 1.807) is 13.3 Å². The van der Waals surface area contributed by atoms with Crippen LogP contribution in [0, 0.1) is 0 Å². The van der Waals surface area contributed by atoms with E-state index in [-0.39, 0.29) is 12.1 Å². The fraction of sp³-hybridized carbons (Fsp3) is 0.261. The van der Waals surface area contributed by atoms with Crippen LogP contribution in [-0.2, 0) is 6.54 Å². The molecule has 7 heteroatoms. The SMILES string of the molecule is CCOc1ccc(C2=NCc3nc(=O)ccn3-c3cccc(OC)c32)c(OCC)c1. The van der Waals surface area contributed by atoms with E-state index in [9.17, 15) is 4.79 Å². The van der Waals surface area contributed by atoms with Gasteiger partial charge in [0.25, 0.3) is 5.56 Å². The number of rotatable bonds is 6. The van der Waals surface area contributed by atoms with Crippen molar-refractivity contribution in [3.05, 3.63) is 76.0 Å². The smallest absolute Gasteiger partial charge is 0.272 e. The van der Waals surface area contributed by atoms with Gasteiger partial charge in [-0.3, -0.25) is 9.79 Å². The Labute approximate surface area is 174 Å². The lowest BCUT2D eigenvalue weighted by Crippen LogP contribution is -2.15. The Bertz CT molecular complexity index is 1170. The molecule has 3 aromatic rings. The predicted octanol–water partition coefficient (Wildman–Crippen LogP) is 3.39. The molecule has 7 nitrogen and oxygen atoms in total. The Hall–Kier alpha value is -3.61. The summed E-state index contributed by atoms with van der Waals surface area (Å²) in [7, 11) is 1.63. The molecule has 0 amide bonds. The van der Waals surface area contributed by atoms with Gasteiger partial charge in [-0.05, 0) is 38.1 Å². The zero-order valence-electron chi connectivity index (χ0n) is 17.2. The Morgan fingerprint density at radius 1 is 1.03 bits per heavy atom. The van der Waals surface area contributed by atoms with Gasteiger partial charge >= 0.3 is 0 Å². The average molecular weight is 405 g/mol. The highest BCUT2D eigenvalue weighted by Crippen LogP contribution is 2.35. The topological polar surface area (TPSA) is 74.9 Å². The summed E-state index contributed by atoms with van der Waals surface area (Å²) in [6.45, 7) is 5.20. The molecular weight excluding hydrogens is 382 g/mol. The number of fused-ring (bicyclic) bond motifs is 3. The molecule has 0 radical (unpaired) electrons. The van der Waals surface area contributed by atoms with Crippen molar-refractivity contribution in [3.8, 4) is 22.9 Å². The number of benzene rings is 2. The summed E-state index contributed by atoms with van der Waals surface area (Å²) < 4.78 is 19.1. The highest BCUT2D eigenvalue weighted by atomic mass is 16.5. The number of hydrogen-bond acceptors (Lipinski definition) is 6. The van der Waals surface area contributed by atoms with Crippen molar-refractivity contribution in [1.29, 1.82) is 0 Å². The lowest BCUT2D eigenvalue weighted by Gasteiger charge is -2.18. The van der Waals surface area contributed by atoms with Gasteiger partial charge < -0.3 is 18.8 Å². The summed E-state index contributed by atoms with van der Waals surface area (Å²) in [5, 5.41) is 0. The molecule has 0 atom stereocenters. The van der Waals surface area contributed by atoms with Crippen LogP contribution in [0.2, 0.25) is 0 Å². The van der Waals surface area contributed by atoms with E-state index in [1.165, 1.54) is 6.07 Å². The van der Waals surface area contributed by atoms with Crippen molar-refractivity contribution in [2.45, 2.75) is 20.4 Å². The van der Waals surface area contributed by atoms with Gasteiger partial charge in [0.2, 0.25) is 0 Å². The lowest BCUT2D eigenvalue weighted by atomic mass is 9.98. The van der Waals surface area contributed by atoms with Crippen LogP contribution in [0.5, 0.6) is 17.2 Å². The number of aliphatic imine (C=N–C) groups is 1. The largest absolute Gasteiger partial charge is 0.496 e. The normalized spacial score (nSPS) is 12.3. The fourth-order valence-electron chi connectivity index (χ4n) is 3.58. The van der Waals surface area contributed by atoms with Gasteiger partial charge in [0, 0.05) is 23.9 Å². The number of ether oxygens (including phenoxy) is 3. The Balaban J connectivity index is 1.97. The maximum absolute atomic E-state index is 11.8. The van der Waals surface area contributed by atoms with Gasteiger partial charge in [0.1, 0.15) is 23.1 Å². The molecule has 0 saturated carbocycles. The summed E-state index contributed by atoms with van der Waals surface area (Å²) in [5.74, 6) is 2.65. The molecule has 2 heterocycles. The van der Waals surface area contributed by atoms with E-state index in [0.717, 1.165) is 22.6 Å². The van der Waals surface area contributed by atoms with Crippen LogP contribution in [0.4, 0.5) is 0 Å².